The van der Waals surface area contributed by atoms with Crippen LogP contribution < -0.4 is 25.4 Å². The Bertz CT molecular complexity index is 722. The average molecular weight is 518 g/mol. The Kier molecular flexibility index (Phi) is 10.0. The Morgan fingerprint density at radius 3 is 2.66 bits per heavy atom. The molecule has 1 atom stereocenters. The lowest BCUT2D eigenvalue weighted by atomic mass is 9.92. The monoisotopic (exact) mass is 518 g/mol. The Morgan fingerprint density at radius 1 is 1.31 bits per heavy atom. The fourth-order valence-corrected chi connectivity index (χ4v) is 3.12. The molecular weight excluding hydrogens is 483 g/mol. The molecule has 0 saturated heterocycles. The third-order valence-electron chi connectivity index (χ3n) is 4.67. The fourth-order valence-electron chi connectivity index (χ4n) is 3.12. The van der Waals surface area contributed by atoms with Gasteiger partial charge in [0.15, 0.2) is 5.96 Å². The highest BCUT2D eigenvalue weighted by molar-refractivity contribution is 14.0. The van der Waals surface area contributed by atoms with Gasteiger partial charge < -0.3 is 25.4 Å². The molecule has 164 valence electrons. The molecule has 1 aromatic rings. The van der Waals surface area contributed by atoms with Crippen molar-refractivity contribution in [3.8, 4) is 11.5 Å². The lowest BCUT2D eigenvalue weighted by molar-refractivity contribution is -0.128. The SMILES string of the molecule is CCNC(=NCc1cc2c(cc1OCC)CC(C)O2)NCC(C)(C)C(=O)NC.I. The van der Waals surface area contributed by atoms with Gasteiger partial charge in [-0.15, -0.1) is 24.0 Å². The van der Waals surface area contributed by atoms with E-state index in [2.05, 4.69) is 33.9 Å². The van der Waals surface area contributed by atoms with Gasteiger partial charge in [-0.2, -0.15) is 0 Å². The van der Waals surface area contributed by atoms with Gasteiger partial charge in [-0.05, 0) is 46.8 Å². The summed E-state index contributed by atoms with van der Waals surface area (Å²) < 4.78 is 11.7. The van der Waals surface area contributed by atoms with Crippen LogP contribution in [-0.2, 0) is 17.8 Å². The van der Waals surface area contributed by atoms with Crippen LogP contribution in [0.1, 0.15) is 45.7 Å². The van der Waals surface area contributed by atoms with Crippen LogP contribution in [0, 0.1) is 5.41 Å². The zero-order chi connectivity index (χ0) is 20.7. The number of hydrogen-bond donors (Lipinski definition) is 3. The van der Waals surface area contributed by atoms with E-state index < -0.39 is 5.41 Å². The molecule has 0 aliphatic carbocycles. The molecule has 0 radical (unpaired) electrons. The molecule has 29 heavy (non-hydrogen) atoms. The number of fused-ring (bicyclic) bond motifs is 1. The predicted molar refractivity (Wildman–Crippen MR) is 127 cm³/mol. The van der Waals surface area contributed by atoms with E-state index in [0.29, 0.717) is 25.7 Å². The number of rotatable bonds is 8. The number of nitrogens with one attached hydrogen (secondary N) is 3. The maximum atomic E-state index is 12.0. The molecule has 2 rings (SSSR count). The molecular formula is C21H35IN4O3. The molecule has 7 nitrogen and oxygen atoms in total. The summed E-state index contributed by atoms with van der Waals surface area (Å²) in [5, 5.41) is 9.19. The number of nitrogens with zero attached hydrogens (tertiary/aromatic N) is 1. The first-order chi connectivity index (χ1) is 13.3. The van der Waals surface area contributed by atoms with E-state index in [-0.39, 0.29) is 36.0 Å². The van der Waals surface area contributed by atoms with E-state index in [1.54, 1.807) is 7.05 Å². The maximum Gasteiger partial charge on any atom is 0.227 e. The number of guanidine groups is 1. The van der Waals surface area contributed by atoms with Crippen molar-refractivity contribution in [3.05, 3.63) is 23.3 Å². The standard InChI is InChI=1S/C21H34N4O3.HI/c1-7-23-20(25-13-21(4,5)19(26)22-6)24-12-16-11-18-15(9-14(3)28-18)10-17(16)27-8-2;/h10-11,14H,7-9,12-13H2,1-6H3,(H,22,26)(H2,23,24,25);1H. The summed E-state index contributed by atoms with van der Waals surface area (Å²) >= 11 is 0. The second-order valence-electron chi connectivity index (χ2n) is 7.64. The van der Waals surface area contributed by atoms with Gasteiger partial charge in [-0.1, -0.05) is 0 Å². The van der Waals surface area contributed by atoms with Gasteiger partial charge in [-0.25, -0.2) is 4.99 Å². The van der Waals surface area contributed by atoms with Gasteiger partial charge >= 0.3 is 0 Å². The number of carbonyl (C=O) groups excluding carboxylic acids is 1. The molecule has 0 aromatic heterocycles. The molecule has 3 N–H and O–H groups in total. The van der Waals surface area contributed by atoms with Gasteiger partial charge in [0.1, 0.15) is 17.6 Å². The summed E-state index contributed by atoms with van der Waals surface area (Å²) in [5.41, 5.74) is 1.62. The highest BCUT2D eigenvalue weighted by atomic mass is 127. The van der Waals surface area contributed by atoms with Crippen molar-refractivity contribution in [2.75, 3.05) is 26.7 Å². The van der Waals surface area contributed by atoms with E-state index >= 15 is 0 Å². The average Bonchev–Trinajstić information content (AvgIpc) is 3.02. The zero-order valence-corrected chi connectivity index (χ0v) is 20.7. The Morgan fingerprint density at radius 2 is 2.03 bits per heavy atom. The van der Waals surface area contributed by atoms with Gasteiger partial charge in [0.25, 0.3) is 0 Å². The molecule has 1 amide bonds. The fraction of sp³-hybridized carbons (Fsp3) is 0.619. The van der Waals surface area contributed by atoms with Crippen LogP contribution in [0.2, 0.25) is 0 Å². The number of ether oxygens (including phenoxy) is 2. The molecule has 8 heteroatoms. The normalized spacial score (nSPS) is 15.7. The number of carbonyl (C=O) groups is 1. The van der Waals surface area contributed by atoms with E-state index in [0.717, 1.165) is 30.0 Å². The lowest BCUT2D eigenvalue weighted by Gasteiger charge is -2.24. The van der Waals surface area contributed by atoms with Crippen LogP contribution >= 0.6 is 24.0 Å². The van der Waals surface area contributed by atoms with E-state index in [9.17, 15) is 4.79 Å². The van der Waals surface area contributed by atoms with E-state index in [4.69, 9.17) is 9.47 Å². The van der Waals surface area contributed by atoms with Crippen LogP contribution in [0.5, 0.6) is 11.5 Å². The summed E-state index contributed by atoms with van der Waals surface area (Å²) in [4.78, 5) is 16.7. The van der Waals surface area contributed by atoms with Gasteiger partial charge in [0.2, 0.25) is 5.91 Å². The Balaban J connectivity index is 0.00000420. The summed E-state index contributed by atoms with van der Waals surface area (Å²) in [7, 11) is 1.65. The van der Waals surface area contributed by atoms with Crippen LogP contribution in [0.4, 0.5) is 0 Å². The molecule has 1 aliphatic heterocycles. The number of aliphatic imine (C=N–C) groups is 1. The quantitative estimate of drug-likeness (QED) is 0.280. The van der Waals surface area contributed by atoms with E-state index in [1.807, 2.05) is 33.8 Å². The molecule has 1 heterocycles. The maximum absolute atomic E-state index is 12.0. The zero-order valence-electron chi connectivity index (χ0n) is 18.3. The first kappa shape index (κ1) is 25.3. The Labute approximate surface area is 191 Å². The Hall–Kier alpha value is -1.71. The van der Waals surface area contributed by atoms with Gasteiger partial charge in [-0.3, -0.25) is 4.79 Å². The lowest BCUT2D eigenvalue weighted by Crippen LogP contribution is -2.47. The van der Waals surface area contributed by atoms with Crippen molar-refractivity contribution in [3.63, 3.8) is 0 Å². The molecule has 1 unspecified atom stereocenters. The topological polar surface area (TPSA) is 84.0 Å². The van der Waals surface area contributed by atoms with Crippen molar-refractivity contribution in [2.24, 2.45) is 10.4 Å². The van der Waals surface area contributed by atoms with Gasteiger partial charge in [0, 0.05) is 37.7 Å². The van der Waals surface area contributed by atoms with Crippen LogP contribution in [0.15, 0.2) is 17.1 Å². The molecule has 0 bridgehead atoms. The second kappa shape index (κ2) is 11.5. The highest BCUT2D eigenvalue weighted by Gasteiger charge is 2.26. The van der Waals surface area contributed by atoms with Crippen LogP contribution in [-0.4, -0.2) is 44.7 Å². The molecule has 0 spiro atoms. The summed E-state index contributed by atoms with van der Waals surface area (Å²) in [5.74, 6) is 2.42. The van der Waals surface area contributed by atoms with Crippen LogP contribution in [0.3, 0.4) is 0 Å². The minimum Gasteiger partial charge on any atom is -0.494 e. The third kappa shape index (κ3) is 6.94. The number of benzene rings is 1. The summed E-state index contributed by atoms with van der Waals surface area (Å²) in [6.45, 7) is 12.1. The van der Waals surface area contributed by atoms with Crippen LogP contribution in [0.25, 0.3) is 0 Å². The van der Waals surface area contributed by atoms with E-state index in [1.165, 1.54) is 5.56 Å². The molecule has 1 aliphatic rings. The largest absolute Gasteiger partial charge is 0.494 e. The van der Waals surface area contributed by atoms with Crippen molar-refractivity contribution in [2.45, 2.75) is 53.7 Å². The number of hydrogen-bond acceptors (Lipinski definition) is 4. The molecule has 1 aromatic carbocycles. The number of amides is 1. The predicted octanol–water partition coefficient (Wildman–Crippen LogP) is 2.85. The van der Waals surface area contributed by atoms with Crippen molar-refractivity contribution >= 4 is 35.8 Å². The van der Waals surface area contributed by atoms with Gasteiger partial charge in [0.05, 0.1) is 18.6 Å². The first-order valence-corrected chi connectivity index (χ1v) is 10.00. The molecule has 0 saturated carbocycles. The summed E-state index contributed by atoms with van der Waals surface area (Å²) in [6.07, 6.45) is 1.09. The first-order valence-electron chi connectivity index (χ1n) is 10.00. The second-order valence-corrected chi connectivity index (χ2v) is 7.64. The smallest absolute Gasteiger partial charge is 0.227 e. The van der Waals surface area contributed by atoms with Crippen molar-refractivity contribution in [1.82, 2.24) is 16.0 Å². The minimum atomic E-state index is -0.543. The summed E-state index contributed by atoms with van der Waals surface area (Å²) in [6, 6.07) is 4.10. The minimum absolute atomic E-state index is 0. The third-order valence-corrected chi connectivity index (χ3v) is 4.67. The number of halogens is 1. The van der Waals surface area contributed by atoms with Crippen molar-refractivity contribution in [1.29, 1.82) is 0 Å². The molecule has 0 fully saturated rings. The van der Waals surface area contributed by atoms with Crippen molar-refractivity contribution < 1.29 is 14.3 Å². The highest BCUT2D eigenvalue weighted by Crippen LogP contribution is 2.35.